The topological polar surface area (TPSA) is 55.1 Å². The van der Waals surface area contributed by atoms with Crippen molar-refractivity contribution < 1.29 is 4.79 Å². The molecule has 1 unspecified atom stereocenters. The van der Waals surface area contributed by atoms with E-state index in [1.165, 1.54) is 0 Å². The highest BCUT2D eigenvalue weighted by Gasteiger charge is 2.17. The molecule has 0 aliphatic heterocycles. The third-order valence-electron chi connectivity index (χ3n) is 2.55. The van der Waals surface area contributed by atoms with Crippen LogP contribution < -0.4 is 11.1 Å². The van der Waals surface area contributed by atoms with E-state index in [1.807, 2.05) is 26.8 Å². The van der Waals surface area contributed by atoms with Crippen LogP contribution in [-0.4, -0.2) is 11.9 Å². The van der Waals surface area contributed by atoms with E-state index < -0.39 is 6.04 Å². The number of benzene rings is 1. The highest BCUT2D eigenvalue weighted by atomic mass is 35.5. The van der Waals surface area contributed by atoms with Crippen LogP contribution in [0.2, 0.25) is 5.02 Å². The molecule has 0 aliphatic carbocycles. The Labute approximate surface area is 101 Å². The molecule has 0 spiro atoms. The Morgan fingerprint density at radius 3 is 2.62 bits per heavy atom. The van der Waals surface area contributed by atoms with Crippen LogP contribution in [-0.2, 0) is 4.79 Å². The SMILES string of the molecule is Cc1c(Cl)cccc1NC(=O)C(N)C(C)C. The zero-order valence-electron chi connectivity index (χ0n) is 9.75. The fraction of sp³-hybridized carbons (Fsp3) is 0.417. The summed E-state index contributed by atoms with van der Waals surface area (Å²) in [6.07, 6.45) is 0. The number of anilines is 1. The molecule has 3 nitrogen and oxygen atoms in total. The van der Waals surface area contributed by atoms with Crippen molar-refractivity contribution in [2.75, 3.05) is 5.32 Å². The number of carbonyl (C=O) groups excluding carboxylic acids is 1. The van der Waals surface area contributed by atoms with Crippen molar-refractivity contribution in [1.82, 2.24) is 0 Å². The lowest BCUT2D eigenvalue weighted by Crippen LogP contribution is -2.39. The van der Waals surface area contributed by atoms with E-state index in [-0.39, 0.29) is 11.8 Å². The molecule has 0 aromatic heterocycles. The van der Waals surface area contributed by atoms with Gasteiger partial charge in [-0.2, -0.15) is 0 Å². The summed E-state index contributed by atoms with van der Waals surface area (Å²) in [4.78, 5) is 11.7. The fourth-order valence-corrected chi connectivity index (χ4v) is 1.44. The fourth-order valence-electron chi connectivity index (χ4n) is 1.26. The van der Waals surface area contributed by atoms with Gasteiger partial charge in [0, 0.05) is 10.7 Å². The zero-order chi connectivity index (χ0) is 12.3. The van der Waals surface area contributed by atoms with Crippen LogP contribution in [0.4, 0.5) is 5.69 Å². The van der Waals surface area contributed by atoms with Crippen LogP contribution >= 0.6 is 11.6 Å². The molecule has 0 saturated carbocycles. The molecule has 16 heavy (non-hydrogen) atoms. The first-order valence-corrected chi connectivity index (χ1v) is 5.63. The van der Waals surface area contributed by atoms with Crippen molar-refractivity contribution in [2.45, 2.75) is 26.8 Å². The van der Waals surface area contributed by atoms with E-state index in [2.05, 4.69) is 5.32 Å². The van der Waals surface area contributed by atoms with Crippen LogP contribution in [0, 0.1) is 12.8 Å². The van der Waals surface area contributed by atoms with Crippen molar-refractivity contribution in [3.05, 3.63) is 28.8 Å². The largest absolute Gasteiger partial charge is 0.324 e. The van der Waals surface area contributed by atoms with Crippen LogP contribution in [0.1, 0.15) is 19.4 Å². The molecular weight excluding hydrogens is 224 g/mol. The van der Waals surface area contributed by atoms with E-state index in [0.717, 1.165) is 5.56 Å². The number of nitrogens with one attached hydrogen (secondary N) is 1. The Morgan fingerprint density at radius 2 is 2.06 bits per heavy atom. The third-order valence-corrected chi connectivity index (χ3v) is 2.96. The van der Waals surface area contributed by atoms with Crippen LogP contribution in [0.15, 0.2) is 18.2 Å². The predicted octanol–water partition coefficient (Wildman–Crippen LogP) is 2.57. The number of carbonyl (C=O) groups is 1. The maximum absolute atomic E-state index is 11.7. The second-order valence-corrected chi connectivity index (χ2v) is 4.58. The molecule has 1 atom stereocenters. The van der Waals surface area contributed by atoms with Crippen molar-refractivity contribution >= 4 is 23.2 Å². The van der Waals surface area contributed by atoms with Crippen molar-refractivity contribution in [2.24, 2.45) is 11.7 Å². The minimum atomic E-state index is -0.501. The standard InChI is InChI=1S/C12H17ClN2O/c1-7(2)11(14)12(16)15-10-6-4-5-9(13)8(10)3/h4-7,11H,14H2,1-3H3,(H,15,16). The van der Waals surface area contributed by atoms with E-state index >= 15 is 0 Å². The summed E-state index contributed by atoms with van der Waals surface area (Å²) >= 11 is 5.96. The normalized spacial score (nSPS) is 12.6. The number of hydrogen-bond acceptors (Lipinski definition) is 2. The van der Waals surface area contributed by atoms with Gasteiger partial charge in [0.15, 0.2) is 0 Å². The first-order valence-electron chi connectivity index (χ1n) is 5.25. The number of rotatable bonds is 3. The van der Waals surface area contributed by atoms with Gasteiger partial charge in [0.05, 0.1) is 6.04 Å². The van der Waals surface area contributed by atoms with Crippen molar-refractivity contribution in [3.63, 3.8) is 0 Å². The minimum Gasteiger partial charge on any atom is -0.324 e. The molecule has 1 aromatic carbocycles. The van der Waals surface area contributed by atoms with Gasteiger partial charge in [-0.1, -0.05) is 31.5 Å². The molecule has 0 aliphatic rings. The molecule has 0 heterocycles. The average molecular weight is 241 g/mol. The third kappa shape index (κ3) is 2.97. The Morgan fingerprint density at radius 1 is 1.44 bits per heavy atom. The lowest BCUT2D eigenvalue weighted by Gasteiger charge is -2.16. The molecule has 1 aromatic rings. The van der Waals surface area contributed by atoms with Crippen LogP contribution in [0.5, 0.6) is 0 Å². The number of amides is 1. The first kappa shape index (κ1) is 13.0. The monoisotopic (exact) mass is 240 g/mol. The van der Waals surface area contributed by atoms with Crippen molar-refractivity contribution in [3.8, 4) is 0 Å². The molecule has 0 radical (unpaired) electrons. The lowest BCUT2D eigenvalue weighted by atomic mass is 10.0. The van der Waals surface area contributed by atoms with Gasteiger partial charge in [0.1, 0.15) is 0 Å². The van der Waals surface area contributed by atoms with E-state index in [1.54, 1.807) is 12.1 Å². The predicted molar refractivity (Wildman–Crippen MR) is 67.6 cm³/mol. The number of hydrogen-bond donors (Lipinski definition) is 2. The van der Waals surface area contributed by atoms with Gasteiger partial charge in [-0.25, -0.2) is 0 Å². The molecule has 0 saturated heterocycles. The molecule has 0 bridgehead atoms. The molecule has 4 heteroatoms. The van der Waals surface area contributed by atoms with Crippen LogP contribution in [0.25, 0.3) is 0 Å². The summed E-state index contributed by atoms with van der Waals surface area (Å²) in [7, 11) is 0. The highest BCUT2D eigenvalue weighted by molar-refractivity contribution is 6.31. The molecular formula is C12H17ClN2O. The Kier molecular flexibility index (Phi) is 4.33. The molecule has 3 N–H and O–H groups in total. The highest BCUT2D eigenvalue weighted by Crippen LogP contribution is 2.23. The zero-order valence-corrected chi connectivity index (χ0v) is 10.5. The van der Waals surface area contributed by atoms with Gasteiger partial charge >= 0.3 is 0 Å². The lowest BCUT2D eigenvalue weighted by molar-refractivity contribution is -0.118. The minimum absolute atomic E-state index is 0.111. The number of nitrogens with two attached hydrogens (primary N) is 1. The maximum Gasteiger partial charge on any atom is 0.241 e. The van der Waals surface area contributed by atoms with Gasteiger partial charge in [0.2, 0.25) is 5.91 Å². The molecule has 1 rings (SSSR count). The van der Waals surface area contributed by atoms with Gasteiger partial charge in [0.25, 0.3) is 0 Å². The summed E-state index contributed by atoms with van der Waals surface area (Å²) in [5, 5.41) is 3.42. The average Bonchev–Trinajstić information content (AvgIpc) is 2.23. The van der Waals surface area contributed by atoms with Crippen molar-refractivity contribution in [1.29, 1.82) is 0 Å². The summed E-state index contributed by atoms with van der Waals surface area (Å²) in [6.45, 7) is 5.68. The first-order chi connectivity index (χ1) is 7.43. The molecule has 0 fully saturated rings. The summed E-state index contributed by atoms with van der Waals surface area (Å²) < 4.78 is 0. The summed E-state index contributed by atoms with van der Waals surface area (Å²) in [6, 6.07) is 4.89. The molecule has 1 amide bonds. The number of halogens is 1. The Bertz CT molecular complexity index is 391. The molecule has 88 valence electrons. The summed E-state index contributed by atoms with van der Waals surface area (Å²) in [5.74, 6) is -0.0696. The quantitative estimate of drug-likeness (QED) is 0.853. The second kappa shape index (κ2) is 5.32. The van der Waals surface area contributed by atoms with E-state index in [0.29, 0.717) is 10.7 Å². The Balaban J connectivity index is 2.81. The van der Waals surface area contributed by atoms with Gasteiger partial charge in [-0.15, -0.1) is 0 Å². The van der Waals surface area contributed by atoms with Gasteiger partial charge in [-0.05, 0) is 30.5 Å². The van der Waals surface area contributed by atoms with Crippen LogP contribution in [0.3, 0.4) is 0 Å². The maximum atomic E-state index is 11.7. The summed E-state index contributed by atoms with van der Waals surface area (Å²) in [5.41, 5.74) is 7.32. The van der Waals surface area contributed by atoms with E-state index in [4.69, 9.17) is 17.3 Å². The van der Waals surface area contributed by atoms with Gasteiger partial charge < -0.3 is 11.1 Å². The Hall–Kier alpha value is -1.06. The van der Waals surface area contributed by atoms with E-state index in [9.17, 15) is 4.79 Å². The second-order valence-electron chi connectivity index (χ2n) is 4.17. The van der Waals surface area contributed by atoms with Gasteiger partial charge in [-0.3, -0.25) is 4.79 Å². The smallest absolute Gasteiger partial charge is 0.241 e.